The van der Waals surface area contributed by atoms with E-state index in [0.29, 0.717) is 37.2 Å². The van der Waals surface area contributed by atoms with E-state index in [-0.39, 0.29) is 17.9 Å². The van der Waals surface area contributed by atoms with E-state index in [9.17, 15) is 9.59 Å². The van der Waals surface area contributed by atoms with Crippen LogP contribution < -0.4 is 21.1 Å². The fraction of sp³-hybridized carbons (Fsp3) is 0.579. The third kappa shape index (κ3) is 3.79. The second-order valence-corrected chi connectivity index (χ2v) is 6.65. The first-order chi connectivity index (χ1) is 11.9. The van der Waals surface area contributed by atoms with Crippen molar-refractivity contribution in [3.8, 4) is 5.75 Å². The number of amides is 2. The van der Waals surface area contributed by atoms with Crippen molar-refractivity contribution in [3.05, 3.63) is 23.8 Å². The fourth-order valence-corrected chi connectivity index (χ4v) is 3.08. The van der Waals surface area contributed by atoms with Gasteiger partial charge in [0.25, 0.3) is 5.91 Å². The maximum absolute atomic E-state index is 12.7. The third-order valence-electron chi connectivity index (χ3n) is 5.27. The van der Waals surface area contributed by atoms with Gasteiger partial charge in [-0.25, -0.2) is 0 Å². The van der Waals surface area contributed by atoms with Crippen LogP contribution in [0.5, 0.6) is 5.75 Å². The number of carbonyl (C=O) groups excluding carboxylic acids is 2. The van der Waals surface area contributed by atoms with Gasteiger partial charge in [-0.1, -0.05) is 26.8 Å². The van der Waals surface area contributed by atoms with E-state index in [1.807, 2.05) is 45.9 Å². The molecule has 1 heterocycles. The number of ether oxygens (including phenoxy) is 1. The van der Waals surface area contributed by atoms with Crippen LogP contribution in [0.1, 0.15) is 58.6 Å². The maximum Gasteiger partial charge on any atom is 0.265 e. The first-order valence-corrected chi connectivity index (χ1v) is 9.03. The van der Waals surface area contributed by atoms with E-state index >= 15 is 0 Å². The summed E-state index contributed by atoms with van der Waals surface area (Å²) in [7, 11) is 0. The molecule has 2 rings (SSSR count). The van der Waals surface area contributed by atoms with Crippen LogP contribution in [-0.4, -0.2) is 24.5 Å². The number of benzene rings is 1. The lowest BCUT2D eigenvalue weighted by atomic mass is 9.81. The van der Waals surface area contributed by atoms with Gasteiger partial charge in [-0.05, 0) is 43.9 Å². The highest BCUT2D eigenvalue weighted by molar-refractivity contribution is 5.97. The van der Waals surface area contributed by atoms with E-state index in [0.717, 1.165) is 5.56 Å². The largest absolute Gasteiger partial charge is 0.478 e. The molecule has 1 aliphatic rings. The summed E-state index contributed by atoms with van der Waals surface area (Å²) < 4.78 is 5.78. The molecule has 25 heavy (non-hydrogen) atoms. The van der Waals surface area contributed by atoms with E-state index in [2.05, 4.69) is 10.6 Å². The van der Waals surface area contributed by atoms with Gasteiger partial charge in [-0.15, -0.1) is 0 Å². The van der Waals surface area contributed by atoms with Crippen LogP contribution in [0.4, 0.5) is 5.69 Å². The quantitative estimate of drug-likeness (QED) is 0.707. The van der Waals surface area contributed by atoms with Crippen LogP contribution in [0.25, 0.3) is 0 Å². The second kappa shape index (κ2) is 7.87. The fourth-order valence-electron chi connectivity index (χ4n) is 3.08. The zero-order chi connectivity index (χ0) is 18.6. The molecule has 138 valence electrons. The Morgan fingerprint density at radius 2 is 2.04 bits per heavy atom. The van der Waals surface area contributed by atoms with Crippen molar-refractivity contribution >= 4 is 17.5 Å². The number of hydrogen-bond donors (Lipinski definition) is 3. The molecule has 0 bridgehead atoms. The number of nitrogens with one attached hydrogen (secondary N) is 2. The summed E-state index contributed by atoms with van der Waals surface area (Å²) in [5.74, 6) is 0.495. The summed E-state index contributed by atoms with van der Waals surface area (Å²) in [5, 5.41) is 5.92. The molecular formula is C19H29N3O3. The number of carbonyl (C=O) groups is 2. The zero-order valence-corrected chi connectivity index (χ0v) is 15.5. The summed E-state index contributed by atoms with van der Waals surface area (Å²) in [6.07, 6.45) is 1.54. The van der Waals surface area contributed by atoms with Gasteiger partial charge in [0.15, 0.2) is 6.10 Å². The molecule has 2 amide bonds. The van der Waals surface area contributed by atoms with Gasteiger partial charge in [-0.2, -0.15) is 0 Å². The monoisotopic (exact) mass is 347 g/mol. The molecule has 0 aromatic heterocycles. The van der Waals surface area contributed by atoms with E-state index in [4.69, 9.17) is 10.5 Å². The molecule has 1 aromatic rings. The Morgan fingerprint density at radius 3 is 2.60 bits per heavy atom. The van der Waals surface area contributed by atoms with E-state index < -0.39 is 11.5 Å². The maximum atomic E-state index is 12.7. The van der Waals surface area contributed by atoms with Crippen molar-refractivity contribution in [2.24, 2.45) is 11.1 Å². The molecule has 1 aromatic carbocycles. The van der Waals surface area contributed by atoms with Crippen LogP contribution in [0, 0.1) is 5.41 Å². The number of rotatable bonds is 7. The average molecular weight is 347 g/mol. The Balaban J connectivity index is 2.17. The van der Waals surface area contributed by atoms with Crippen molar-refractivity contribution in [3.63, 3.8) is 0 Å². The SMILES string of the molecule is CCC1Oc2cc(C(C)NC(=O)C(CC)(CC)CN)ccc2NC1=O. The molecule has 1 aliphatic heterocycles. The Kier molecular flexibility index (Phi) is 6.06. The molecule has 2 unspecified atom stereocenters. The van der Waals surface area contributed by atoms with Gasteiger partial charge in [0.05, 0.1) is 17.1 Å². The smallest absolute Gasteiger partial charge is 0.265 e. The predicted molar refractivity (Wildman–Crippen MR) is 98.4 cm³/mol. The summed E-state index contributed by atoms with van der Waals surface area (Å²) in [5.41, 5.74) is 6.92. The van der Waals surface area contributed by atoms with E-state index in [1.165, 1.54) is 0 Å². The zero-order valence-electron chi connectivity index (χ0n) is 15.5. The molecule has 0 spiro atoms. The average Bonchev–Trinajstić information content (AvgIpc) is 2.62. The number of nitrogens with two attached hydrogens (primary N) is 1. The van der Waals surface area contributed by atoms with Crippen LogP contribution >= 0.6 is 0 Å². The minimum atomic E-state index is -0.528. The molecule has 2 atom stereocenters. The standard InChI is InChI=1S/C19H29N3O3/c1-5-15-17(23)22-14-9-8-13(10-16(14)25-15)12(4)21-18(24)19(6-2,7-3)11-20/h8-10,12,15H,5-7,11,20H2,1-4H3,(H,21,24)(H,22,23). The first-order valence-electron chi connectivity index (χ1n) is 9.03. The normalized spacial score (nSPS) is 18.0. The highest BCUT2D eigenvalue weighted by atomic mass is 16.5. The number of hydrogen-bond acceptors (Lipinski definition) is 4. The summed E-state index contributed by atoms with van der Waals surface area (Å²) in [6, 6.07) is 5.40. The van der Waals surface area contributed by atoms with Gasteiger partial charge in [0.2, 0.25) is 5.91 Å². The van der Waals surface area contributed by atoms with Crippen molar-refractivity contribution in [2.45, 2.75) is 59.1 Å². The Morgan fingerprint density at radius 1 is 1.36 bits per heavy atom. The first kappa shape index (κ1) is 19.2. The molecule has 0 aliphatic carbocycles. The highest BCUT2D eigenvalue weighted by Crippen LogP contribution is 2.33. The topological polar surface area (TPSA) is 93.4 Å². The van der Waals surface area contributed by atoms with Crippen molar-refractivity contribution in [1.29, 1.82) is 0 Å². The van der Waals surface area contributed by atoms with Gasteiger partial charge in [-0.3, -0.25) is 9.59 Å². The lowest BCUT2D eigenvalue weighted by Crippen LogP contribution is -2.46. The molecule has 6 heteroatoms. The molecule has 0 fully saturated rings. The van der Waals surface area contributed by atoms with Gasteiger partial charge in [0, 0.05) is 6.54 Å². The number of fused-ring (bicyclic) bond motifs is 1. The molecule has 6 nitrogen and oxygen atoms in total. The number of anilines is 1. The summed E-state index contributed by atoms with van der Waals surface area (Å²) in [4.78, 5) is 24.5. The lowest BCUT2D eigenvalue weighted by Gasteiger charge is -2.31. The Hall–Kier alpha value is -2.08. The second-order valence-electron chi connectivity index (χ2n) is 6.65. The molecule has 0 saturated heterocycles. The molecule has 0 saturated carbocycles. The lowest BCUT2D eigenvalue weighted by molar-refractivity contribution is -0.131. The van der Waals surface area contributed by atoms with Crippen molar-refractivity contribution < 1.29 is 14.3 Å². The van der Waals surface area contributed by atoms with Crippen LogP contribution in [-0.2, 0) is 9.59 Å². The Labute approximate surface area is 149 Å². The van der Waals surface area contributed by atoms with Crippen LogP contribution in [0.15, 0.2) is 18.2 Å². The summed E-state index contributed by atoms with van der Waals surface area (Å²) >= 11 is 0. The van der Waals surface area contributed by atoms with Crippen LogP contribution in [0.2, 0.25) is 0 Å². The van der Waals surface area contributed by atoms with Gasteiger partial charge < -0.3 is 21.1 Å². The Bertz CT molecular complexity index is 633. The molecule has 0 radical (unpaired) electrons. The van der Waals surface area contributed by atoms with E-state index in [1.54, 1.807) is 0 Å². The van der Waals surface area contributed by atoms with Gasteiger partial charge >= 0.3 is 0 Å². The van der Waals surface area contributed by atoms with Crippen molar-refractivity contribution in [1.82, 2.24) is 5.32 Å². The minimum Gasteiger partial charge on any atom is -0.478 e. The van der Waals surface area contributed by atoms with Gasteiger partial charge in [0.1, 0.15) is 5.75 Å². The minimum absolute atomic E-state index is 0.0223. The van der Waals surface area contributed by atoms with Crippen LogP contribution in [0.3, 0.4) is 0 Å². The highest BCUT2D eigenvalue weighted by Gasteiger charge is 2.34. The predicted octanol–water partition coefficient (Wildman–Crippen LogP) is 2.74. The molecular weight excluding hydrogens is 318 g/mol. The third-order valence-corrected chi connectivity index (χ3v) is 5.27. The summed E-state index contributed by atoms with van der Waals surface area (Å²) in [6.45, 7) is 8.15. The molecule has 4 N–H and O–H groups in total. The van der Waals surface area contributed by atoms with Crippen molar-refractivity contribution in [2.75, 3.05) is 11.9 Å².